The number of likely N-dealkylation sites (N-methyl/N-ethyl adjacent to an activating group) is 1. The van der Waals surface area contributed by atoms with Gasteiger partial charge in [-0.3, -0.25) is 5.84 Å². The smallest absolute Gasteiger partial charge is 0.260 e. The summed E-state index contributed by atoms with van der Waals surface area (Å²) in [6.07, 6.45) is 1.39. The molecule has 0 saturated heterocycles. The summed E-state index contributed by atoms with van der Waals surface area (Å²) in [5.74, 6) is 5.26. The maximum absolute atomic E-state index is 12.0. The topological polar surface area (TPSA) is 110 Å². The molecule has 0 atom stereocenters. The fraction of sp³-hybridized carbons (Fsp3) is 0.545. The van der Waals surface area contributed by atoms with Gasteiger partial charge in [-0.25, -0.2) is 18.1 Å². The molecule has 4 N–H and O–H groups in total. The van der Waals surface area contributed by atoms with Gasteiger partial charge < -0.3 is 15.1 Å². The standard InChI is InChI=1S/C11H21N5O3S/c1-16(2)7-9-19-8-6-14-20(17,18)11-10(15-12)4-3-5-13-11/h3-5,14-15H,6-9,12H2,1-2H3. The number of sulfonamides is 1. The lowest BCUT2D eigenvalue weighted by Crippen LogP contribution is -2.30. The van der Waals surface area contributed by atoms with E-state index >= 15 is 0 Å². The van der Waals surface area contributed by atoms with Crippen molar-refractivity contribution in [3.05, 3.63) is 18.3 Å². The van der Waals surface area contributed by atoms with E-state index in [0.717, 1.165) is 6.54 Å². The predicted octanol–water partition coefficient (Wildman–Crippen LogP) is -0.776. The monoisotopic (exact) mass is 303 g/mol. The van der Waals surface area contributed by atoms with E-state index in [-0.39, 0.29) is 17.3 Å². The Balaban J connectivity index is 2.46. The van der Waals surface area contributed by atoms with Crippen molar-refractivity contribution in [2.75, 3.05) is 45.8 Å². The zero-order valence-electron chi connectivity index (χ0n) is 11.7. The van der Waals surface area contributed by atoms with Crippen LogP contribution in [0.4, 0.5) is 5.69 Å². The lowest BCUT2D eigenvalue weighted by atomic mass is 10.4. The molecule has 8 nitrogen and oxygen atoms in total. The Hall–Kier alpha value is -1.26. The summed E-state index contributed by atoms with van der Waals surface area (Å²) in [7, 11) is 0.177. The van der Waals surface area contributed by atoms with Gasteiger partial charge in [0.2, 0.25) is 0 Å². The third-order valence-electron chi connectivity index (χ3n) is 2.40. The number of rotatable bonds is 9. The van der Waals surface area contributed by atoms with E-state index in [2.05, 4.69) is 15.1 Å². The van der Waals surface area contributed by atoms with Crippen molar-refractivity contribution in [2.45, 2.75) is 5.03 Å². The number of nitrogens with one attached hydrogen (secondary N) is 2. The Bertz CT molecular complexity index is 507. The van der Waals surface area contributed by atoms with Crippen LogP contribution in [-0.2, 0) is 14.8 Å². The number of hydrogen-bond acceptors (Lipinski definition) is 7. The molecule has 0 radical (unpaired) electrons. The van der Waals surface area contributed by atoms with Crippen LogP contribution in [0.15, 0.2) is 23.4 Å². The summed E-state index contributed by atoms with van der Waals surface area (Å²) in [6.45, 7) is 1.81. The average molecular weight is 303 g/mol. The summed E-state index contributed by atoms with van der Waals surface area (Å²) in [6, 6.07) is 3.13. The molecule has 1 aromatic heterocycles. The van der Waals surface area contributed by atoms with Gasteiger partial charge in [-0.15, -0.1) is 0 Å². The maximum atomic E-state index is 12.0. The van der Waals surface area contributed by atoms with Gasteiger partial charge in [-0.1, -0.05) is 0 Å². The first-order valence-corrected chi connectivity index (χ1v) is 7.59. The first-order chi connectivity index (χ1) is 9.47. The molecule has 1 heterocycles. The van der Waals surface area contributed by atoms with Gasteiger partial charge in [0, 0.05) is 19.3 Å². The SMILES string of the molecule is CN(C)CCOCCNS(=O)(=O)c1ncccc1NN. The molecule has 20 heavy (non-hydrogen) atoms. The van der Waals surface area contributed by atoms with Gasteiger partial charge in [0.15, 0.2) is 5.03 Å². The minimum atomic E-state index is -3.70. The van der Waals surface area contributed by atoms with Crippen molar-refractivity contribution in [2.24, 2.45) is 5.84 Å². The van der Waals surface area contributed by atoms with Gasteiger partial charge in [-0.2, -0.15) is 0 Å². The molecule has 0 aliphatic rings. The largest absolute Gasteiger partial charge is 0.379 e. The van der Waals surface area contributed by atoms with Gasteiger partial charge in [0.05, 0.1) is 18.9 Å². The lowest BCUT2D eigenvalue weighted by Gasteiger charge is -2.11. The number of aromatic nitrogens is 1. The summed E-state index contributed by atoms with van der Waals surface area (Å²) >= 11 is 0. The number of nitrogens with zero attached hydrogens (tertiary/aromatic N) is 2. The second kappa shape index (κ2) is 8.12. The minimum absolute atomic E-state index is 0.129. The molecule has 1 aromatic rings. The van der Waals surface area contributed by atoms with Crippen LogP contribution >= 0.6 is 0 Å². The second-order valence-corrected chi connectivity index (χ2v) is 6.00. The highest BCUT2D eigenvalue weighted by Gasteiger charge is 2.18. The van der Waals surface area contributed by atoms with Crippen molar-refractivity contribution in [3.8, 4) is 0 Å². The van der Waals surface area contributed by atoms with E-state index in [4.69, 9.17) is 10.6 Å². The number of pyridine rings is 1. The molecule has 0 aliphatic heterocycles. The number of ether oxygens (including phenoxy) is 1. The molecule has 0 spiro atoms. The van der Waals surface area contributed by atoms with Crippen molar-refractivity contribution in [1.29, 1.82) is 0 Å². The highest BCUT2D eigenvalue weighted by atomic mass is 32.2. The van der Waals surface area contributed by atoms with Gasteiger partial charge >= 0.3 is 0 Å². The molecule has 0 saturated carbocycles. The zero-order chi connectivity index (χ0) is 15.0. The van der Waals surface area contributed by atoms with Gasteiger partial charge in [0.25, 0.3) is 10.0 Å². The number of nitrogens with two attached hydrogens (primary N) is 1. The van der Waals surface area contributed by atoms with Crippen molar-refractivity contribution in [1.82, 2.24) is 14.6 Å². The minimum Gasteiger partial charge on any atom is -0.379 e. The molecule has 0 fully saturated rings. The van der Waals surface area contributed by atoms with E-state index in [9.17, 15) is 8.42 Å². The van der Waals surface area contributed by atoms with Crippen molar-refractivity contribution < 1.29 is 13.2 Å². The molecule has 1 rings (SSSR count). The summed E-state index contributed by atoms with van der Waals surface area (Å²) in [4.78, 5) is 5.80. The Labute approximate surface area is 119 Å². The number of anilines is 1. The molecule has 0 aromatic carbocycles. The molecule has 9 heteroatoms. The van der Waals surface area contributed by atoms with E-state index < -0.39 is 10.0 Å². The van der Waals surface area contributed by atoms with Crippen LogP contribution in [0.5, 0.6) is 0 Å². The molecule has 0 aliphatic carbocycles. The highest BCUT2D eigenvalue weighted by molar-refractivity contribution is 7.89. The zero-order valence-corrected chi connectivity index (χ0v) is 12.5. The average Bonchev–Trinajstić information content (AvgIpc) is 2.42. The van der Waals surface area contributed by atoms with Crippen LogP contribution in [-0.4, -0.2) is 58.7 Å². The predicted molar refractivity (Wildman–Crippen MR) is 76.6 cm³/mol. The summed E-state index contributed by atoms with van der Waals surface area (Å²) < 4.78 is 31.8. The maximum Gasteiger partial charge on any atom is 0.260 e. The number of hydrogen-bond donors (Lipinski definition) is 3. The van der Waals surface area contributed by atoms with E-state index in [0.29, 0.717) is 13.2 Å². The van der Waals surface area contributed by atoms with Crippen LogP contribution in [0.2, 0.25) is 0 Å². The third kappa shape index (κ3) is 5.39. The van der Waals surface area contributed by atoms with Crippen LogP contribution in [0.1, 0.15) is 0 Å². The quantitative estimate of drug-likeness (QED) is 0.312. The third-order valence-corrected chi connectivity index (χ3v) is 3.82. The Morgan fingerprint density at radius 3 is 2.80 bits per heavy atom. The fourth-order valence-corrected chi connectivity index (χ4v) is 2.49. The van der Waals surface area contributed by atoms with Gasteiger partial charge in [0.1, 0.15) is 0 Å². The highest BCUT2D eigenvalue weighted by Crippen LogP contribution is 2.15. The first-order valence-electron chi connectivity index (χ1n) is 6.11. The lowest BCUT2D eigenvalue weighted by molar-refractivity contribution is 0.122. The molecular weight excluding hydrogens is 282 g/mol. The van der Waals surface area contributed by atoms with Crippen LogP contribution in [0.3, 0.4) is 0 Å². The Kier molecular flexibility index (Phi) is 6.82. The van der Waals surface area contributed by atoms with Crippen molar-refractivity contribution in [3.63, 3.8) is 0 Å². The van der Waals surface area contributed by atoms with Gasteiger partial charge in [-0.05, 0) is 26.2 Å². The van der Waals surface area contributed by atoms with E-state index in [1.54, 1.807) is 6.07 Å². The number of hydrazine groups is 1. The van der Waals surface area contributed by atoms with Crippen molar-refractivity contribution >= 4 is 15.7 Å². The van der Waals surface area contributed by atoms with Crippen LogP contribution in [0.25, 0.3) is 0 Å². The molecule has 0 bridgehead atoms. The van der Waals surface area contributed by atoms with Crippen LogP contribution in [0, 0.1) is 0 Å². The Morgan fingerprint density at radius 2 is 2.15 bits per heavy atom. The fourth-order valence-electron chi connectivity index (χ4n) is 1.38. The second-order valence-electron chi connectivity index (χ2n) is 4.31. The number of nitrogen functional groups attached to an aromatic ring is 1. The Morgan fingerprint density at radius 1 is 1.40 bits per heavy atom. The molecular formula is C11H21N5O3S. The first kappa shape index (κ1) is 16.8. The molecule has 0 unspecified atom stereocenters. The van der Waals surface area contributed by atoms with Crippen LogP contribution < -0.4 is 16.0 Å². The molecule has 114 valence electrons. The van der Waals surface area contributed by atoms with E-state index in [1.165, 1.54) is 12.3 Å². The van der Waals surface area contributed by atoms with E-state index in [1.807, 2.05) is 19.0 Å². The summed E-state index contributed by atoms with van der Waals surface area (Å²) in [5, 5.41) is -0.129. The molecule has 0 amide bonds. The summed E-state index contributed by atoms with van der Waals surface area (Å²) in [5.41, 5.74) is 2.55. The normalized spacial score (nSPS) is 11.8.